The second-order valence-electron chi connectivity index (χ2n) is 4.89. The van der Waals surface area contributed by atoms with Crippen molar-refractivity contribution in [1.29, 1.82) is 0 Å². The Morgan fingerprint density at radius 2 is 2.14 bits per heavy atom. The molecule has 0 unspecified atom stereocenters. The van der Waals surface area contributed by atoms with Crippen LogP contribution in [0, 0.1) is 0 Å². The van der Waals surface area contributed by atoms with E-state index in [1.54, 1.807) is 18.2 Å². The molecule has 21 heavy (non-hydrogen) atoms. The van der Waals surface area contributed by atoms with Crippen molar-refractivity contribution in [2.75, 3.05) is 12.8 Å². The predicted molar refractivity (Wildman–Crippen MR) is 79.1 cm³/mol. The minimum atomic E-state index is -0.488. The number of ether oxygens (including phenoxy) is 2. The SMILES string of the molecule is COc1c(N)cccc1C(=O)OCc1ccn(C(C)C)n1. The molecule has 0 fully saturated rings. The lowest BCUT2D eigenvalue weighted by molar-refractivity contribution is 0.0463. The molecule has 0 saturated heterocycles. The summed E-state index contributed by atoms with van der Waals surface area (Å²) in [5.41, 5.74) is 7.16. The van der Waals surface area contributed by atoms with Crippen molar-refractivity contribution in [3.63, 3.8) is 0 Å². The van der Waals surface area contributed by atoms with Gasteiger partial charge in [-0.3, -0.25) is 4.68 Å². The van der Waals surface area contributed by atoms with Gasteiger partial charge in [-0.05, 0) is 32.0 Å². The Labute approximate surface area is 123 Å². The highest BCUT2D eigenvalue weighted by Crippen LogP contribution is 2.26. The predicted octanol–water partition coefficient (Wildman–Crippen LogP) is 2.41. The van der Waals surface area contributed by atoms with E-state index in [9.17, 15) is 4.79 Å². The fraction of sp³-hybridized carbons (Fsp3) is 0.333. The van der Waals surface area contributed by atoms with Gasteiger partial charge in [-0.2, -0.15) is 5.10 Å². The summed E-state index contributed by atoms with van der Waals surface area (Å²) in [7, 11) is 1.47. The zero-order chi connectivity index (χ0) is 15.4. The third-order valence-corrected chi connectivity index (χ3v) is 3.01. The van der Waals surface area contributed by atoms with Crippen LogP contribution in [0.1, 0.15) is 35.9 Å². The first-order valence-electron chi connectivity index (χ1n) is 6.66. The summed E-state index contributed by atoms with van der Waals surface area (Å²) in [6.07, 6.45) is 1.86. The van der Waals surface area contributed by atoms with Crippen LogP contribution in [0.4, 0.5) is 5.69 Å². The second kappa shape index (κ2) is 6.30. The van der Waals surface area contributed by atoms with Crippen LogP contribution in [0.3, 0.4) is 0 Å². The molecule has 0 bridgehead atoms. The highest BCUT2D eigenvalue weighted by molar-refractivity contribution is 5.94. The Balaban J connectivity index is 2.06. The van der Waals surface area contributed by atoms with Crippen LogP contribution in [-0.2, 0) is 11.3 Å². The molecule has 0 spiro atoms. The Bertz CT molecular complexity index is 635. The van der Waals surface area contributed by atoms with E-state index in [1.807, 2.05) is 30.8 Å². The number of nitrogens with two attached hydrogens (primary N) is 1. The Kier molecular flexibility index (Phi) is 4.47. The van der Waals surface area contributed by atoms with E-state index in [4.69, 9.17) is 15.2 Å². The van der Waals surface area contributed by atoms with Crippen LogP contribution >= 0.6 is 0 Å². The van der Waals surface area contributed by atoms with Gasteiger partial charge in [0.15, 0.2) is 5.75 Å². The number of aromatic nitrogens is 2. The van der Waals surface area contributed by atoms with Gasteiger partial charge in [0, 0.05) is 12.2 Å². The van der Waals surface area contributed by atoms with Gasteiger partial charge in [0.2, 0.25) is 0 Å². The first-order valence-corrected chi connectivity index (χ1v) is 6.66. The van der Waals surface area contributed by atoms with Crippen molar-refractivity contribution in [3.05, 3.63) is 41.7 Å². The lowest BCUT2D eigenvalue weighted by atomic mass is 10.2. The van der Waals surface area contributed by atoms with Crippen LogP contribution in [0.25, 0.3) is 0 Å². The summed E-state index contributed by atoms with van der Waals surface area (Å²) < 4.78 is 12.2. The number of benzene rings is 1. The molecule has 2 aromatic rings. The minimum Gasteiger partial charge on any atom is -0.494 e. The second-order valence-corrected chi connectivity index (χ2v) is 4.89. The average molecular weight is 289 g/mol. The third-order valence-electron chi connectivity index (χ3n) is 3.01. The summed E-state index contributed by atoms with van der Waals surface area (Å²) in [4.78, 5) is 12.1. The molecular weight excluding hydrogens is 270 g/mol. The number of carbonyl (C=O) groups excluding carboxylic acids is 1. The average Bonchev–Trinajstić information content (AvgIpc) is 2.93. The molecule has 6 nitrogen and oxygen atoms in total. The molecular formula is C15H19N3O3. The first-order chi connectivity index (χ1) is 10.0. The molecule has 1 aromatic carbocycles. The highest BCUT2D eigenvalue weighted by Gasteiger charge is 2.16. The summed E-state index contributed by atoms with van der Waals surface area (Å²) >= 11 is 0. The number of hydrogen-bond donors (Lipinski definition) is 1. The fourth-order valence-electron chi connectivity index (χ4n) is 1.90. The van der Waals surface area contributed by atoms with Gasteiger partial charge in [-0.15, -0.1) is 0 Å². The summed E-state index contributed by atoms with van der Waals surface area (Å²) in [6.45, 7) is 4.16. The van der Waals surface area contributed by atoms with Gasteiger partial charge in [0.25, 0.3) is 0 Å². The van der Waals surface area contributed by atoms with Crippen LogP contribution < -0.4 is 10.5 Å². The van der Waals surface area contributed by atoms with Crippen LogP contribution in [0.2, 0.25) is 0 Å². The van der Waals surface area contributed by atoms with E-state index in [-0.39, 0.29) is 12.6 Å². The number of nitrogen functional groups attached to an aromatic ring is 1. The molecule has 0 amide bonds. The van der Waals surface area contributed by atoms with E-state index < -0.39 is 5.97 Å². The van der Waals surface area contributed by atoms with E-state index in [1.165, 1.54) is 7.11 Å². The first kappa shape index (κ1) is 14.9. The summed E-state index contributed by atoms with van der Waals surface area (Å²) in [5, 5.41) is 4.32. The number of anilines is 1. The molecule has 1 aromatic heterocycles. The van der Waals surface area contributed by atoms with Gasteiger partial charge in [-0.25, -0.2) is 4.79 Å². The maximum absolute atomic E-state index is 12.1. The van der Waals surface area contributed by atoms with Crippen molar-refractivity contribution in [2.24, 2.45) is 0 Å². The van der Waals surface area contributed by atoms with Crippen LogP contribution in [0.15, 0.2) is 30.5 Å². The molecule has 6 heteroatoms. The van der Waals surface area contributed by atoms with Gasteiger partial charge >= 0.3 is 5.97 Å². The molecule has 0 aliphatic heterocycles. The number of esters is 1. The van der Waals surface area contributed by atoms with Crippen molar-refractivity contribution < 1.29 is 14.3 Å². The van der Waals surface area contributed by atoms with E-state index in [2.05, 4.69) is 5.10 Å². The van der Waals surface area contributed by atoms with Crippen molar-refractivity contribution >= 4 is 11.7 Å². The molecule has 0 aliphatic carbocycles. The number of hydrogen-bond acceptors (Lipinski definition) is 5. The largest absolute Gasteiger partial charge is 0.494 e. The van der Waals surface area contributed by atoms with Crippen molar-refractivity contribution in [1.82, 2.24) is 9.78 Å². The van der Waals surface area contributed by atoms with Crippen LogP contribution in [0.5, 0.6) is 5.75 Å². The fourth-order valence-corrected chi connectivity index (χ4v) is 1.90. The number of nitrogens with zero attached hydrogens (tertiary/aromatic N) is 2. The van der Waals surface area contributed by atoms with E-state index >= 15 is 0 Å². The Morgan fingerprint density at radius 3 is 2.76 bits per heavy atom. The maximum Gasteiger partial charge on any atom is 0.342 e. The lowest BCUT2D eigenvalue weighted by Crippen LogP contribution is -2.09. The molecule has 2 rings (SSSR count). The smallest absolute Gasteiger partial charge is 0.342 e. The normalized spacial score (nSPS) is 10.7. The molecule has 0 radical (unpaired) electrons. The third kappa shape index (κ3) is 3.34. The number of rotatable bonds is 5. The van der Waals surface area contributed by atoms with Crippen LogP contribution in [-0.4, -0.2) is 22.9 Å². The zero-order valence-electron chi connectivity index (χ0n) is 12.4. The maximum atomic E-state index is 12.1. The van der Waals surface area contributed by atoms with Gasteiger partial charge in [0.05, 0.1) is 18.5 Å². The standard InChI is InChI=1S/C15H19N3O3/c1-10(2)18-8-7-11(17-18)9-21-15(19)12-5-4-6-13(16)14(12)20-3/h4-8,10H,9,16H2,1-3H3. The summed E-state index contributed by atoms with van der Waals surface area (Å²) in [6, 6.07) is 7.05. The number of para-hydroxylation sites is 1. The lowest BCUT2D eigenvalue weighted by Gasteiger charge is -2.10. The molecule has 0 aliphatic rings. The Morgan fingerprint density at radius 1 is 1.38 bits per heavy atom. The molecule has 0 saturated carbocycles. The Hall–Kier alpha value is -2.50. The van der Waals surface area contributed by atoms with Gasteiger partial charge in [0.1, 0.15) is 12.2 Å². The summed E-state index contributed by atoms with van der Waals surface area (Å²) in [5.74, 6) is -0.159. The monoisotopic (exact) mass is 289 g/mol. The number of methoxy groups -OCH3 is 1. The van der Waals surface area contributed by atoms with Gasteiger partial charge < -0.3 is 15.2 Å². The number of carbonyl (C=O) groups is 1. The van der Waals surface area contributed by atoms with E-state index in [0.717, 1.165) is 0 Å². The van der Waals surface area contributed by atoms with Gasteiger partial charge in [-0.1, -0.05) is 6.07 Å². The minimum absolute atomic E-state index is 0.108. The topological polar surface area (TPSA) is 79.4 Å². The zero-order valence-corrected chi connectivity index (χ0v) is 12.4. The molecule has 2 N–H and O–H groups in total. The van der Waals surface area contributed by atoms with E-state index in [0.29, 0.717) is 22.7 Å². The molecule has 1 heterocycles. The molecule has 0 atom stereocenters. The highest BCUT2D eigenvalue weighted by atomic mass is 16.5. The van der Waals surface area contributed by atoms with Crippen molar-refractivity contribution in [3.8, 4) is 5.75 Å². The van der Waals surface area contributed by atoms with Crippen molar-refractivity contribution in [2.45, 2.75) is 26.5 Å². The quantitative estimate of drug-likeness (QED) is 0.675. The molecule has 112 valence electrons.